The molecule has 0 aliphatic carbocycles. The predicted octanol–water partition coefficient (Wildman–Crippen LogP) is 0.0189. The molecule has 2 aromatic heterocycles. The SMILES string of the molecule is COC(=O)c1nc2ccc(CN3CCOCC3)cn2c(=O)c1O. The average Bonchev–Trinajstić information content (AvgIpc) is 2.58. The van der Waals surface area contributed by atoms with Crippen LogP contribution in [0.3, 0.4) is 0 Å². The van der Waals surface area contributed by atoms with E-state index >= 15 is 0 Å². The van der Waals surface area contributed by atoms with Gasteiger partial charge in [-0.15, -0.1) is 0 Å². The van der Waals surface area contributed by atoms with Crippen LogP contribution >= 0.6 is 0 Å². The maximum absolute atomic E-state index is 12.2. The molecule has 0 bridgehead atoms. The molecule has 3 heterocycles. The summed E-state index contributed by atoms with van der Waals surface area (Å²) < 4.78 is 11.1. The fraction of sp³-hybridized carbons (Fsp3) is 0.400. The van der Waals surface area contributed by atoms with Gasteiger partial charge in [0.1, 0.15) is 5.65 Å². The van der Waals surface area contributed by atoms with Gasteiger partial charge in [-0.3, -0.25) is 14.1 Å². The van der Waals surface area contributed by atoms with Gasteiger partial charge in [0.15, 0.2) is 5.69 Å². The van der Waals surface area contributed by atoms with Crippen molar-refractivity contribution in [3.63, 3.8) is 0 Å². The van der Waals surface area contributed by atoms with Crippen molar-refractivity contribution in [1.29, 1.82) is 0 Å². The maximum atomic E-state index is 12.2. The summed E-state index contributed by atoms with van der Waals surface area (Å²) in [6.07, 6.45) is 1.63. The van der Waals surface area contributed by atoms with E-state index in [2.05, 4.69) is 14.6 Å². The minimum absolute atomic E-state index is 0.277. The molecule has 1 N–H and O–H groups in total. The van der Waals surface area contributed by atoms with E-state index in [0.717, 1.165) is 25.8 Å². The third kappa shape index (κ3) is 3.03. The Morgan fingerprint density at radius 1 is 1.39 bits per heavy atom. The quantitative estimate of drug-likeness (QED) is 0.797. The van der Waals surface area contributed by atoms with Gasteiger partial charge in [-0.1, -0.05) is 6.07 Å². The molecule has 0 radical (unpaired) electrons. The fourth-order valence-electron chi connectivity index (χ4n) is 2.52. The van der Waals surface area contributed by atoms with Gasteiger partial charge >= 0.3 is 11.5 Å². The number of fused-ring (bicyclic) bond motifs is 1. The van der Waals surface area contributed by atoms with E-state index in [9.17, 15) is 14.7 Å². The number of nitrogens with zero attached hydrogens (tertiary/aromatic N) is 3. The van der Waals surface area contributed by atoms with E-state index in [1.165, 1.54) is 4.40 Å². The molecule has 0 unspecified atom stereocenters. The highest BCUT2D eigenvalue weighted by Crippen LogP contribution is 2.14. The molecule has 0 saturated carbocycles. The van der Waals surface area contributed by atoms with Crippen molar-refractivity contribution in [3.8, 4) is 5.75 Å². The van der Waals surface area contributed by atoms with Crippen LogP contribution in [0, 0.1) is 0 Å². The smallest absolute Gasteiger partial charge is 0.360 e. The Morgan fingerprint density at radius 2 is 2.13 bits per heavy atom. The molecule has 0 spiro atoms. The summed E-state index contributed by atoms with van der Waals surface area (Å²) in [6, 6.07) is 3.48. The Bertz CT molecular complexity index is 796. The molecular formula is C15H17N3O5. The third-order valence-corrected chi connectivity index (χ3v) is 3.75. The number of aromatic hydroxyl groups is 1. The zero-order valence-corrected chi connectivity index (χ0v) is 12.7. The van der Waals surface area contributed by atoms with Gasteiger partial charge in [-0.05, 0) is 11.6 Å². The number of hydrogen-bond donors (Lipinski definition) is 1. The first-order valence-electron chi connectivity index (χ1n) is 7.23. The Kier molecular flexibility index (Phi) is 4.26. The van der Waals surface area contributed by atoms with Gasteiger partial charge in [0.25, 0.3) is 0 Å². The van der Waals surface area contributed by atoms with E-state index in [0.29, 0.717) is 19.8 Å². The van der Waals surface area contributed by atoms with Gasteiger partial charge in [-0.25, -0.2) is 9.78 Å². The summed E-state index contributed by atoms with van der Waals surface area (Å²) >= 11 is 0. The number of rotatable bonds is 3. The highest BCUT2D eigenvalue weighted by Gasteiger charge is 2.19. The van der Waals surface area contributed by atoms with Crippen LogP contribution in [0.4, 0.5) is 0 Å². The predicted molar refractivity (Wildman–Crippen MR) is 80.6 cm³/mol. The topological polar surface area (TPSA) is 93.4 Å². The second-order valence-corrected chi connectivity index (χ2v) is 5.26. The molecule has 8 nitrogen and oxygen atoms in total. The number of carbonyl (C=O) groups excluding carboxylic acids is 1. The first-order valence-corrected chi connectivity index (χ1v) is 7.23. The molecule has 0 aromatic carbocycles. The lowest BCUT2D eigenvalue weighted by molar-refractivity contribution is 0.0341. The molecular weight excluding hydrogens is 302 g/mol. The first-order chi connectivity index (χ1) is 11.1. The van der Waals surface area contributed by atoms with E-state index in [1.54, 1.807) is 12.3 Å². The molecule has 8 heteroatoms. The Labute approximate surface area is 131 Å². The van der Waals surface area contributed by atoms with Crippen molar-refractivity contribution in [2.45, 2.75) is 6.54 Å². The van der Waals surface area contributed by atoms with Crippen LogP contribution in [-0.4, -0.2) is 58.8 Å². The van der Waals surface area contributed by atoms with Crippen LogP contribution < -0.4 is 5.56 Å². The van der Waals surface area contributed by atoms with Crippen LogP contribution in [0.25, 0.3) is 5.65 Å². The zero-order valence-electron chi connectivity index (χ0n) is 12.7. The van der Waals surface area contributed by atoms with Crippen LogP contribution in [0.15, 0.2) is 23.1 Å². The van der Waals surface area contributed by atoms with Crippen molar-refractivity contribution < 1.29 is 19.4 Å². The summed E-state index contributed by atoms with van der Waals surface area (Å²) in [7, 11) is 1.16. The molecule has 0 amide bonds. The molecule has 1 fully saturated rings. The Morgan fingerprint density at radius 3 is 2.83 bits per heavy atom. The molecule has 122 valence electrons. The summed E-state index contributed by atoms with van der Waals surface area (Å²) in [4.78, 5) is 30.0. The van der Waals surface area contributed by atoms with Gasteiger partial charge in [0.2, 0.25) is 5.75 Å². The first kappa shape index (κ1) is 15.4. The zero-order chi connectivity index (χ0) is 16.4. The molecule has 2 aromatic rings. The normalized spacial score (nSPS) is 15.7. The lowest BCUT2D eigenvalue weighted by Crippen LogP contribution is -2.35. The van der Waals surface area contributed by atoms with Gasteiger partial charge < -0.3 is 14.6 Å². The minimum atomic E-state index is -0.848. The van der Waals surface area contributed by atoms with Crippen molar-refractivity contribution in [2.75, 3.05) is 33.4 Å². The van der Waals surface area contributed by atoms with Gasteiger partial charge in [0, 0.05) is 25.8 Å². The van der Waals surface area contributed by atoms with Crippen LogP contribution in [-0.2, 0) is 16.0 Å². The molecule has 1 aliphatic heterocycles. The number of carbonyl (C=O) groups is 1. The van der Waals surface area contributed by atoms with Crippen LogP contribution in [0.1, 0.15) is 16.1 Å². The van der Waals surface area contributed by atoms with Crippen LogP contribution in [0.5, 0.6) is 5.75 Å². The highest BCUT2D eigenvalue weighted by atomic mass is 16.5. The number of aromatic nitrogens is 2. The number of pyridine rings is 1. The van der Waals surface area contributed by atoms with E-state index in [4.69, 9.17) is 4.74 Å². The Hall–Kier alpha value is -2.45. The summed E-state index contributed by atoms with van der Waals surface area (Å²) in [5.41, 5.74) is 0.116. The largest absolute Gasteiger partial charge is 0.501 e. The number of ether oxygens (including phenoxy) is 2. The molecule has 0 atom stereocenters. The number of methoxy groups -OCH3 is 1. The van der Waals surface area contributed by atoms with Crippen molar-refractivity contribution >= 4 is 11.6 Å². The lowest BCUT2D eigenvalue weighted by Gasteiger charge is -2.26. The summed E-state index contributed by atoms with van der Waals surface area (Å²) in [5.74, 6) is -1.56. The molecule has 1 saturated heterocycles. The average molecular weight is 319 g/mol. The molecule has 1 aliphatic rings. The molecule has 3 rings (SSSR count). The van der Waals surface area contributed by atoms with Crippen molar-refractivity contribution in [3.05, 3.63) is 39.9 Å². The monoisotopic (exact) mass is 319 g/mol. The molecule has 23 heavy (non-hydrogen) atoms. The third-order valence-electron chi connectivity index (χ3n) is 3.75. The number of esters is 1. The van der Waals surface area contributed by atoms with E-state index < -0.39 is 17.3 Å². The number of hydrogen-bond acceptors (Lipinski definition) is 7. The maximum Gasteiger partial charge on any atom is 0.360 e. The fourth-order valence-corrected chi connectivity index (χ4v) is 2.52. The van der Waals surface area contributed by atoms with Gasteiger partial charge in [-0.2, -0.15) is 0 Å². The van der Waals surface area contributed by atoms with Crippen LogP contribution in [0.2, 0.25) is 0 Å². The van der Waals surface area contributed by atoms with Gasteiger partial charge in [0.05, 0.1) is 20.3 Å². The minimum Gasteiger partial charge on any atom is -0.501 e. The summed E-state index contributed by atoms with van der Waals surface area (Å²) in [5, 5.41) is 9.89. The van der Waals surface area contributed by atoms with E-state index in [1.807, 2.05) is 6.07 Å². The lowest BCUT2D eigenvalue weighted by atomic mass is 10.2. The second-order valence-electron chi connectivity index (χ2n) is 5.26. The van der Waals surface area contributed by atoms with E-state index in [-0.39, 0.29) is 11.3 Å². The Balaban J connectivity index is 1.98. The van der Waals surface area contributed by atoms with Crippen molar-refractivity contribution in [2.24, 2.45) is 0 Å². The highest BCUT2D eigenvalue weighted by molar-refractivity contribution is 5.90. The standard InChI is InChI=1S/C15H17N3O5/c1-22-15(21)12-13(19)14(20)18-9-10(2-3-11(18)16-12)8-17-4-6-23-7-5-17/h2-3,9,19H,4-8H2,1H3. The van der Waals surface area contributed by atoms with Crippen molar-refractivity contribution in [1.82, 2.24) is 14.3 Å². The number of morpholine rings is 1. The summed E-state index contributed by atoms with van der Waals surface area (Å²) in [6.45, 7) is 3.72. The second kappa shape index (κ2) is 6.35.